The van der Waals surface area contributed by atoms with Crippen molar-refractivity contribution in [3.8, 4) is 5.75 Å². The number of rotatable bonds is 4. The highest BCUT2D eigenvalue weighted by atomic mass is 35.5. The summed E-state index contributed by atoms with van der Waals surface area (Å²) in [5, 5.41) is -0.136. The molecule has 27 heavy (non-hydrogen) atoms. The number of fused-ring (bicyclic) bond motifs is 1. The SMILES string of the molecule is COc1cc2c(cc1S(=O)(=O)Nc1cc(C(F)(F)F)ccc1Cl)CCCC2. The van der Waals surface area contributed by atoms with Crippen LogP contribution in [-0.2, 0) is 29.0 Å². The van der Waals surface area contributed by atoms with Gasteiger partial charge in [0.2, 0.25) is 0 Å². The van der Waals surface area contributed by atoms with E-state index < -0.39 is 21.8 Å². The van der Waals surface area contributed by atoms with Gasteiger partial charge >= 0.3 is 6.18 Å². The summed E-state index contributed by atoms with van der Waals surface area (Å²) in [6, 6.07) is 5.67. The Hall–Kier alpha value is -1.93. The van der Waals surface area contributed by atoms with E-state index in [9.17, 15) is 21.6 Å². The van der Waals surface area contributed by atoms with Gasteiger partial charge in [-0.05, 0) is 67.1 Å². The number of hydrogen-bond donors (Lipinski definition) is 1. The first kappa shape index (κ1) is 19.8. The third-order valence-electron chi connectivity index (χ3n) is 4.46. The molecular weight excluding hydrogens is 403 g/mol. The van der Waals surface area contributed by atoms with Crippen molar-refractivity contribution in [2.75, 3.05) is 11.8 Å². The third-order valence-corrected chi connectivity index (χ3v) is 6.17. The first-order valence-electron chi connectivity index (χ1n) is 8.21. The van der Waals surface area contributed by atoms with E-state index in [1.54, 1.807) is 6.07 Å². The largest absolute Gasteiger partial charge is 0.495 e. The maximum Gasteiger partial charge on any atom is 0.416 e. The van der Waals surface area contributed by atoms with Crippen LogP contribution < -0.4 is 9.46 Å². The Bertz CT molecular complexity index is 975. The maximum atomic E-state index is 12.9. The molecule has 0 fully saturated rings. The molecule has 0 unspecified atom stereocenters. The van der Waals surface area contributed by atoms with Gasteiger partial charge in [-0.3, -0.25) is 4.72 Å². The van der Waals surface area contributed by atoms with E-state index >= 15 is 0 Å². The predicted molar refractivity (Wildman–Crippen MR) is 96.9 cm³/mol. The Labute approximate surface area is 160 Å². The molecule has 1 aliphatic rings. The lowest BCUT2D eigenvalue weighted by molar-refractivity contribution is -0.137. The van der Waals surface area contributed by atoms with E-state index in [1.807, 2.05) is 0 Å². The molecule has 2 aromatic carbocycles. The van der Waals surface area contributed by atoms with E-state index in [4.69, 9.17) is 16.3 Å². The number of alkyl halides is 3. The van der Waals surface area contributed by atoms with Gasteiger partial charge in [0.05, 0.1) is 23.4 Å². The second kappa shape index (κ2) is 7.24. The van der Waals surface area contributed by atoms with Gasteiger partial charge in [0.1, 0.15) is 10.6 Å². The summed E-state index contributed by atoms with van der Waals surface area (Å²) in [7, 11) is -2.85. The summed E-state index contributed by atoms with van der Waals surface area (Å²) in [4.78, 5) is -0.126. The minimum absolute atomic E-state index is 0.126. The van der Waals surface area contributed by atoms with Crippen molar-refractivity contribution in [1.82, 2.24) is 0 Å². The van der Waals surface area contributed by atoms with Gasteiger partial charge in [-0.25, -0.2) is 8.42 Å². The zero-order valence-electron chi connectivity index (χ0n) is 14.4. The molecule has 1 N–H and O–H groups in total. The predicted octanol–water partition coefficient (Wildman–Crippen LogP) is 5.05. The Morgan fingerprint density at radius 2 is 1.70 bits per heavy atom. The van der Waals surface area contributed by atoms with Crippen LogP contribution in [0.2, 0.25) is 5.02 Å². The van der Waals surface area contributed by atoms with Crippen LogP contribution in [0.5, 0.6) is 5.75 Å². The van der Waals surface area contributed by atoms with Crippen molar-refractivity contribution >= 4 is 27.3 Å². The van der Waals surface area contributed by atoms with Crippen LogP contribution in [-0.4, -0.2) is 15.5 Å². The van der Waals surface area contributed by atoms with Crippen LogP contribution in [0, 0.1) is 0 Å². The molecule has 1 aliphatic carbocycles. The van der Waals surface area contributed by atoms with Crippen molar-refractivity contribution in [3.63, 3.8) is 0 Å². The monoisotopic (exact) mass is 419 g/mol. The molecule has 0 saturated heterocycles. The molecule has 0 saturated carbocycles. The average Bonchev–Trinajstić information content (AvgIpc) is 2.61. The lowest BCUT2D eigenvalue weighted by Gasteiger charge is -2.20. The number of aryl methyl sites for hydroxylation is 2. The van der Waals surface area contributed by atoms with Crippen molar-refractivity contribution in [2.24, 2.45) is 0 Å². The van der Waals surface area contributed by atoms with Crippen molar-refractivity contribution in [3.05, 3.63) is 52.0 Å². The van der Waals surface area contributed by atoms with E-state index in [0.29, 0.717) is 6.07 Å². The zero-order valence-corrected chi connectivity index (χ0v) is 15.9. The number of halogens is 4. The molecule has 146 valence electrons. The van der Waals surface area contributed by atoms with Crippen LogP contribution in [0.25, 0.3) is 0 Å². The molecule has 0 aliphatic heterocycles. The van der Waals surface area contributed by atoms with Crippen molar-refractivity contribution in [2.45, 2.75) is 36.8 Å². The summed E-state index contributed by atoms with van der Waals surface area (Å²) in [5.41, 5.74) is 0.583. The summed E-state index contributed by atoms with van der Waals surface area (Å²) in [6.07, 6.45) is -1.08. The summed E-state index contributed by atoms with van der Waals surface area (Å²) >= 11 is 5.90. The normalized spacial score (nSPS) is 14.6. The Morgan fingerprint density at radius 1 is 1.07 bits per heavy atom. The van der Waals surface area contributed by atoms with Gasteiger partial charge in [0.25, 0.3) is 10.0 Å². The van der Waals surface area contributed by atoms with Gasteiger partial charge in [-0.15, -0.1) is 0 Å². The maximum absolute atomic E-state index is 12.9. The molecule has 4 nitrogen and oxygen atoms in total. The number of anilines is 1. The van der Waals surface area contributed by atoms with Crippen LogP contribution in [0.3, 0.4) is 0 Å². The molecule has 0 amide bonds. The van der Waals surface area contributed by atoms with Gasteiger partial charge in [-0.2, -0.15) is 13.2 Å². The van der Waals surface area contributed by atoms with E-state index in [0.717, 1.165) is 48.9 Å². The first-order valence-corrected chi connectivity index (χ1v) is 10.1. The van der Waals surface area contributed by atoms with Crippen LogP contribution in [0.15, 0.2) is 35.2 Å². The quantitative estimate of drug-likeness (QED) is 0.754. The molecular formula is C18H17ClF3NO3S. The number of nitrogens with one attached hydrogen (secondary N) is 1. The average molecular weight is 420 g/mol. The molecule has 9 heteroatoms. The molecule has 0 radical (unpaired) electrons. The fourth-order valence-electron chi connectivity index (χ4n) is 3.09. The van der Waals surface area contributed by atoms with E-state index in [-0.39, 0.29) is 21.4 Å². The fraction of sp³-hybridized carbons (Fsp3) is 0.333. The second-order valence-electron chi connectivity index (χ2n) is 6.28. The van der Waals surface area contributed by atoms with E-state index in [1.165, 1.54) is 13.2 Å². The van der Waals surface area contributed by atoms with Crippen LogP contribution in [0.4, 0.5) is 18.9 Å². The highest BCUT2D eigenvalue weighted by Gasteiger charge is 2.32. The summed E-state index contributed by atoms with van der Waals surface area (Å²) in [5.74, 6) is 0.145. The number of hydrogen-bond acceptors (Lipinski definition) is 3. The number of ether oxygens (including phenoxy) is 1. The summed E-state index contributed by atoms with van der Waals surface area (Å²) in [6.45, 7) is 0. The molecule has 2 aromatic rings. The number of sulfonamides is 1. The first-order chi connectivity index (χ1) is 12.6. The Kier molecular flexibility index (Phi) is 5.31. The molecule has 3 rings (SSSR count). The van der Waals surface area contributed by atoms with E-state index in [2.05, 4.69) is 4.72 Å². The number of benzene rings is 2. The Morgan fingerprint density at radius 3 is 2.30 bits per heavy atom. The third kappa shape index (κ3) is 4.16. The summed E-state index contributed by atoms with van der Waals surface area (Å²) < 4.78 is 71.8. The lowest BCUT2D eigenvalue weighted by atomic mass is 9.92. The van der Waals surface area contributed by atoms with Gasteiger partial charge < -0.3 is 4.74 Å². The highest BCUT2D eigenvalue weighted by Crippen LogP contribution is 2.36. The molecule has 0 bridgehead atoms. The minimum atomic E-state index is -4.62. The molecule has 0 atom stereocenters. The van der Waals surface area contributed by atoms with Crippen molar-refractivity contribution in [1.29, 1.82) is 0 Å². The Balaban J connectivity index is 2.03. The van der Waals surface area contributed by atoms with Crippen LogP contribution >= 0.6 is 11.6 Å². The molecule has 0 heterocycles. The van der Waals surface area contributed by atoms with Gasteiger partial charge in [-0.1, -0.05) is 11.6 Å². The topological polar surface area (TPSA) is 55.4 Å². The number of methoxy groups -OCH3 is 1. The van der Waals surface area contributed by atoms with Crippen LogP contribution in [0.1, 0.15) is 29.5 Å². The van der Waals surface area contributed by atoms with Crippen molar-refractivity contribution < 1.29 is 26.3 Å². The highest BCUT2D eigenvalue weighted by molar-refractivity contribution is 7.92. The zero-order chi connectivity index (χ0) is 19.8. The smallest absolute Gasteiger partial charge is 0.416 e. The lowest BCUT2D eigenvalue weighted by Crippen LogP contribution is -2.17. The fourth-order valence-corrected chi connectivity index (χ4v) is 4.58. The standard InChI is InChI=1S/C18H17ClF3NO3S/c1-26-16-8-11-4-2-3-5-12(11)9-17(16)27(24,25)23-15-10-13(18(20,21)22)6-7-14(15)19/h6-10,23H,2-5H2,1H3. The van der Waals surface area contributed by atoms with Gasteiger partial charge in [0, 0.05) is 0 Å². The molecule has 0 aromatic heterocycles. The van der Waals surface area contributed by atoms with Gasteiger partial charge in [0.15, 0.2) is 0 Å². The minimum Gasteiger partial charge on any atom is -0.495 e. The molecule has 0 spiro atoms. The second-order valence-corrected chi connectivity index (χ2v) is 8.33.